The van der Waals surface area contributed by atoms with Crippen LogP contribution in [0.4, 0.5) is 0 Å². The fourth-order valence-electron chi connectivity index (χ4n) is 1.01. The van der Waals surface area contributed by atoms with Gasteiger partial charge < -0.3 is 9.47 Å². The lowest BCUT2D eigenvalue weighted by Gasteiger charge is -2.03. The number of aromatic nitrogens is 3. The molecule has 0 aliphatic heterocycles. The third-order valence-corrected chi connectivity index (χ3v) is 1.66. The zero-order valence-electron chi connectivity index (χ0n) is 8.12. The van der Waals surface area contributed by atoms with Crippen LogP contribution in [-0.4, -0.2) is 22.1 Å². The second-order valence-corrected chi connectivity index (χ2v) is 2.67. The van der Waals surface area contributed by atoms with Gasteiger partial charge in [0.15, 0.2) is 0 Å². The van der Waals surface area contributed by atoms with Gasteiger partial charge >= 0.3 is 12.0 Å². The second kappa shape index (κ2) is 4.36. The SMILES string of the molecule is COc1ncnc(Oc2ccccc2)n1. The van der Waals surface area contributed by atoms with E-state index in [0.29, 0.717) is 5.75 Å². The van der Waals surface area contributed by atoms with Gasteiger partial charge in [0, 0.05) is 0 Å². The smallest absolute Gasteiger partial charge is 0.328 e. The van der Waals surface area contributed by atoms with Crippen LogP contribution >= 0.6 is 0 Å². The first-order valence-corrected chi connectivity index (χ1v) is 4.34. The minimum Gasteiger partial charge on any atom is -0.467 e. The molecule has 0 aliphatic carbocycles. The molecular weight excluding hydrogens is 194 g/mol. The van der Waals surface area contributed by atoms with E-state index < -0.39 is 0 Å². The Morgan fingerprint density at radius 3 is 2.47 bits per heavy atom. The van der Waals surface area contributed by atoms with Crippen molar-refractivity contribution in [3.05, 3.63) is 36.7 Å². The molecule has 0 aliphatic rings. The zero-order chi connectivity index (χ0) is 10.5. The Balaban J connectivity index is 2.17. The maximum Gasteiger partial charge on any atom is 0.328 e. The molecule has 2 aromatic rings. The monoisotopic (exact) mass is 203 g/mol. The Bertz CT molecular complexity index is 434. The largest absolute Gasteiger partial charge is 0.467 e. The average molecular weight is 203 g/mol. The normalized spacial score (nSPS) is 9.67. The molecule has 1 aromatic heterocycles. The van der Waals surface area contributed by atoms with E-state index in [4.69, 9.17) is 9.47 Å². The van der Waals surface area contributed by atoms with Gasteiger partial charge in [-0.15, -0.1) is 4.98 Å². The summed E-state index contributed by atoms with van der Waals surface area (Å²) < 4.78 is 10.2. The quantitative estimate of drug-likeness (QED) is 0.759. The van der Waals surface area contributed by atoms with Crippen molar-refractivity contribution < 1.29 is 9.47 Å². The lowest BCUT2D eigenvalue weighted by Crippen LogP contribution is -1.96. The van der Waals surface area contributed by atoms with Crippen LogP contribution in [0.2, 0.25) is 0 Å². The zero-order valence-corrected chi connectivity index (χ0v) is 8.12. The predicted molar refractivity (Wildman–Crippen MR) is 52.9 cm³/mol. The summed E-state index contributed by atoms with van der Waals surface area (Å²) in [5.41, 5.74) is 0. The van der Waals surface area contributed by atoms with Gasteiger partial charge in [0.1, 0.15) is 12.1 Å². The summed E-state index contributed by atoms with van der Waals surface area (Å²) in [5.74, 6) is 0.672. The van der Waals surface area contributed by atoms with Crippen molar-refractivity contribution in [2.45, 2.75) is 0 Å². The van der Waals surface area contributed by atoms with E-state index in [1.54, 1.807) is 0 Å². The summed E-state index contributed by atoms with van der Waals surface area (Å²) in [6.45, 7) is 0. The molecule has 5 heteroatoms. The Hall–Kier alpha value is -2.17. The number of rotatable bonds is 3. The van der Waals surface area contributed by atoms with Gasteiger partial charge in [-0.2, -0.15) is 9.97 Å². The summed E-state index contributed by atoms with van der Waals surface area (Å²) in [7, 11) is 1.49. The molecule has 5 nitrogen and oxygen atoms in total. The van der Waals surface area contributed by atoms with Gasteiger partial charge in [0.25, 0.3) is 0 Å². The summed E-state index contributed by atoms with van der Waals surface area (Å²) in [6.07, 6.45) is 1.34. The van der Waals surface area contributed by atoms with E-state index in [0.717, 1.165) is 0 Å². The van der Waals surface area contributed by atoms with Gasteiger partial charge in [-0.1, -0.05) is 18.2 Å². The highest BCUT2D eigenvalue weighted by Gasteiger charge is 2.02. The van der Waals surface area contributed by atoms with Gasteiger partial charge in [0.2, 0.25) is 0 Å². The lowest BCUT2D eigenvalue weighted by molar-refractivity contribution is 0.359. The van der Waals surface area contributed by atoms with E-state index in [2.05, 4.69) is 15.0 Å². The molecule has 1 heterocycles. The van der Waals surface area contributed by atoms with E-state index >= 15 is 0 Å². The number of hydrogen-bond acceptors (Lipinski definition) is 5. The van der Waals surface area contributed by atoms with Gasteiger partial charge in [-0.25, -0.2) is 0 Å². The minimum absolute atomic E-state index is 0.216. The highest BCUT2D eigenvalue weighted by atomic mass is 16.5. The van der Waals surface area contributed by atoms with E-state index in [1.165, 1.54) is 13.4 Å². The fraction of sp³-hybridized carbons (Fsp3) is 0.100. The maximum absolute atomic E-state index is 5.38. The number of hydrogen-bond donors (Lipinski definition) is 0. The fourth-order valence-corrected chi connectivity index (χ4v) is 1.01. The molecule has 76 valence electrons. The molecular formula is C10H9N3O2. The van der Waals surface area contributed by atoms with Crippen molar-refractivity contribution in [2.75, 3.05) is 7.11 Å². The van der Waals surface area contributed by atoms with Crippen LogP contribution in [0.25, 0.3) is 0 Å². The lowest BCUT2D eigenvalue weighted by atomic mass is 10.3. The van der Waals surface area contributed by atoms with Crippen LogP contribution in [0, 0.1) is 0 Å². The first-order chi connectivity index (χ1) is 7.38. The first-order valence-electron chi connectivity index (χ1n) is 4.34. The predicted octanol–water partition coefficient (Wildman–Crippen LogP) is 1.67. The number of benzene rings is 1. The third-order valence-electron chi connectivity index (χ3n) is 1.66. The Morgan fingerprint density at radius 2 is 1.73 bits per heavy atom. The molecule has 1 aromatic carbocycles. The third kappa shape index (κ3) is 2.40. The molecule has 0 spiro atoms. The number of methoxy groups -OCH3 is 1. The standard InChI is InChI=1S/C10H9N3O2/c1-14-9-11-7-12-10(13-9)15-8-5-3-2-4-6-8/h2-7H,1H3. The van der Waals surface area contributed by atoms with Crippen molar-refractivity contribution in [3.63, 3.8) is 0 Å². The molecule has 0 amide bonds. The number of ether oxygens (including phenoxy) is 2. The maximum atomic E-state index is 5.38. The molecule has 0 unspecified atom stereocenters. The molecule has 0 radical (unpaired) electrons. The molecule has 0 bridgehead atoms. The van der Waals surface area contributed by atoms with Crippen molar-refractivity contribution in [1.82, 2.24) is 15.0 Å². The van der Waals surface area contributed by atoms with Crippen LogP contribution in [0.5, 0.6) is 17.8 Å². The van der Waals surface area contributed by atoms with Crippen LogP contribution < -0.4 is 9.47 Å². The van der Waals surface area contributed by atoms with E-state index in [-0.39, 0.29) is 12.0 Å². The summed E-state index contributed by atoms with van der Waals surface area (Å²) in [4.78, 5) is 11.6. The topological polar surface area (TPSA) is 57.1 Å². The summed E-state index contributed by atoms with van der Waals surface area (Å²) in [5, 5.41) is 0. The average Bonchev–Trinajstić information content (AvgIpc) is 2.31. The summed E-state index contributed by atoms with van der Waals surface area (Å²) in [6, 6.07) is 9.72. The van der Waals surface area contributed by atoms with E-state index in [1.807, 2.05) is 30.3 Å². The van der Waals surface area contributed by atoms with Crippen LogP contribution in [-0.2, 0) is 0 Å². The molecule has 0 saturated heterocycles. The molecule has 0 N–H and O–H groups in total. The molecule has 15 heavy (non-hydrogen) atoms. The van der Waals surface area contributed by atoms with Crippen LogP contribution in [0.3, 0.4) is 0 Å². The second-order valence-electron chi connectivity index (χ2n) is 2.67. The minimum atomic E-state index is 0.216. The van der Waals surface area contributed by atoms with Crippen molar-refractivity contribution in [2.24, 2.45) is 0 Å². The Labute approximate surface area is 86.7 Å². The molecule has 0 fully saturated rings. The molecule has 0 atom stereocenters. The number of para-hydroxylation sites is 1. The summed E-state index contributed by atoms with van der Waals surface area (Å²) >= 11 is 0. The Morgan fingerprint density at radius 1 is 1.00 bits per heavy atom. The highest BCUT2D eigenvalue weighted by molar-refractivity contribution is 5.24. The molecule has 2 rings (SSSR count). The molecule has 0 saturated carbocycles. The van der Waals surface area contributed by atoms with Crippen LogP contribution in [0.15, 0.2) is 36.7 Å². The van der Waals surface area contributed by atoms with Gasteiger partial charge in [0.05, 0.1) is 7.11 Å². The highest BCUT2D eigenvalue weighted by Crippen LogP contribution is 2.16. The van der Waals surface area contributed by atoms with E-state index in [9.17, 15) is 0 Å². The van der Waals surface area contributed by atoms with Gasteiger partial charge in [-0.3, -0.25) is 0 Å². The Kier molecular flexibility index (Phi) is 2.73. The van der Waals surface area contributed by atoms with Crippen LogP contribution in [0.1, 0.15) is 0 Å². The first kappa shape index (κ1) is 9.39. The van der Waals surface area contributed by atoms with Gasteiger partial charge in [-0.05, 0) is 12.1 Å². The van der Waals surface area contributed by atoms with Crippen molar-refractivity contribution in [3.8, 4) is 17.8 Å². The number of nitrogens with zero attached hydrogens (tertiary/aromatic N) is 3. The van der Waals surface area contributed by atoms with Crippen molar-refractivity contribution >= 4 is 0 Å². The van der Waals surface area contributed by atoms with Crippen molar-refractivity contribution in [1.29, 1.82) is 0 Å².